The Labute approximate surface area is 200 Å². The SMILES string of the molecule is CC1=C(C(=O)[O-])N2C(=O)[C@H](NC(=O)C3(c4ccc(Cl)cc4)CCCC3)[C@H]2SC1.[Na+]. The van der Waals surface area contributed by atoms with E-state index in [1.165, 1.54) is 16.7 Å². The van der Waals surface area contributed by atoms with E-state index in [0.717, 1.165) is 18.4 Å². The number of rotatable bonds is 4. The summed E-state index contributed by atoms with van der Waals surface area (Å²) in [6, 6.07) is 6.58. The number of carbonyl (C=O) groups excluding carboxylic acids is 3. The van der Waals surface area contributed by atoms with E-state index in [-0.39, 0.29) is 41.2 Å². The maximum Gasteiger partial charge on any atom is 1.00 e. The van der Waals surface area contributed by atoms with Crippen LogP contribution in [0.2, 0.25) is 5.02 Å². The second kappa shape index (κ2) is 8.63. The topological polar surface area (TPSA) is 89.5 Å². The van der Waals surface area contributed by atoms with E-state index >= 15 is 0 Å². The zero-order valence-electron chi connectivity index (χ0n) is 16.4. The molecule has 1 saturated heterocycles. The third kappa shape index (κ3) is 3.76. The fraction of sp³-hybridized carbons (Fsp3) is 0.450. The smallest absolute Gasteiger partial charge is 0.543 e. The molecule has 0 radical (unpaired) electrons. The van der Waals surface area contributed by atoms with E-state index in [0.29, 0.717) is 29.2 Å². The number of β-lactam (4-membered cyclic amide) rings is 1. The van der Waals surface area contributed by atoms with Gasteiger partial charge in [0.05, 0.1) is 17.1 Å². The molecule has 2 amide bonds. The molecule has 1 aromatic rings. The molecule has 0 unspecified atom stereocenters. The largest absolute Gasteiger partial charge is 1.00 e. The predicted molar refractivity (Wildman–Crippen MR) is 104 cm³/mol. The molecule has 6 nitrogen and oxygen atoms in total. The first-order valence-electron chi connectivity index (χ1n) is 9.28. The third-order valence-corrected chi connectivity index (χ3v) is 7.60. The van der Waals surface area contributed by atoms with Crippen molar-refractivity contribution in [2.75, 3.05) is 5.75 Å². The molecule has 9 heteroatoms. The van der Waals surface area contributed by atoms with E-state index in [9.17, 15) is 19.5 Å². The quantitative estimate of drug-likeness (QED) is 0.456. The van der Waals surface area contributed by atoms with E-state index in [2.05, 4.69) is 5.32 Å². The number of benzene rings is 1. The number of hydrogen-bond acceptors (Lipinski definition) is 5. The zero-order valence-corrected chi connectivity index (χ0v) is 19.9. The van der Waals surface area contributed by atoms with E-state index in [1.807, 2.05) is 12.1 Å². The summed E-state index contributed by atoms with van der Waals surface area (Å²) in [6.45, 7) is 1.68. The number of amides is 2. The van der Waals surface area contributed by atoms with Gasteiger partial charge in [0.2, 0.25) is 5.91 Å². The van der Waals surface area contributed by atoms with E-state index in [4.69, 9.17) is 11.6 Å². The number of fused-ring (bicyclic) bond motifs is 1. The van der Waals surface area contributed by atoms with Crippen LogP contribution < -0.4 is 40.0 Å². The minimum atomic E-state index is -1.35. The van der Waals surface area contributed by atoms with Gasteiger partial charge in [-0.1, -0.05) is 36.6 Å². The average molecular weight is 443 g/mol. The molecule has 1 aromatic carbocycles. The number of nitrogens with zero attached hydrogens (tertiary/aromatic N) is 1. The molecule has 2 atom stereocenters. The Bertz CT molecular complexity index is 883. The van der Waals surface area contributed by atoms with Gasteiger partial charge in [0.25, 0.3) is 5.91 Å². The number of hydrogen-bond donors (Lipinski definition) is 1. The number of carbonyl (C=O) groups is 3. The van der Waals surface area contributed by atoms with Gasteiger partial charge in [-0.25, -0.2) is 0 Å². The van der Waals surface area contributed by atoms with E-state index in [1.54, 1.807) is 19.1 Å². The standard InChI is InChI=1S/C20H21ClN2O4S.Na/c1-11-10-28-17-14(16(24)23(17)15(11)18(25)26)22-19(27)20(8-2-3-9-20)12-4-6-13(21)7-5-12;/h4-7,14,17H,2-3,8-10H2,1H3,(H,22,27)(H,25,26);/q;+1/p-1/t14-,17+;/m0./s1. The molecule has 2 heterocycles. The molecule has 0 bridgehead atoms. The van der Waals surface area contributed by atoms with Crippen LogP contribution in [0.5, 0.6) is 0 Å². The summed E-state index contributed by atoms with van der Waals surface area (Å²) in [5.74, 6) is -1.43. The molecule has 1 saturated carbocycles. The van der Waals surface area contributed by atoms with Crippen LogP contribution in [0, 0.1) is 0 Å². The van der Waals surface area contributed by atoms with Crippen LogP contribution in [0.1, 0.15) is 38.2 Å². The van der Waals surface area contributed by atoms with Gasteiger partial charge in [0, 0.05) is 10.8 Å². The molecule has 148 valence electrons. The Morgan fingerprint density at radius 2 is 1.86 bits per heavy atom. The summed E-state index contributed by atoms with van der Waals surface area (Å²) in [7, 11) is 0. The minimum Gasteiger partial charge on any atom is -0.543 e. The van der Waals surface area contributed by atoms with Crippen molar-refractivity contribution >= 4 is 41.1 Å². The average Bonchev–Trinajstić information content (AvgIpc) is 3.17. The summed E-state index contributed by atoms with van der Waals surface area (Å²) >= 11 is 7.45. The van der Waals surface area contributed by atoms with Gasteiger partial charge < -0.3 is 15.2 Å². The number of carboxylic acids is 1. The first-order valence-corrected chi connectivity index (χ1v) is 10.7. The maximum atomic E-state index is 13.3. The molecular formula is C20H20ClN2NaO4S. The first kappa shape index (κ1) is 22.7. The van der Waals surface area contributed by atoms with Crippen LogP contribution in [0.3, 0.4) is 0 Å². The monoisotopic (exact) mass is 442 g/mol. The van der Waals surface area contributed by atoms with Crippen molar-refractivity contribution in [3.8, 4) is 0 Å². The maximum absolute atomic E-state index is 13.3. The summed E-state index contributed by atoms with van der Waals surface area (Å²) in [5.41, 5.74) is 0.770. The van der Waals surface area contributed by atoms with Crippen molar-refractivity contribution in [1.29, 1.82) is 0 Å². The normalized spacial score (nSPS) is 25.0. The molecular weight excluding hydrogens is 423 g/mol. The van der Waals surface area contributed by atoms with Gasteiger partial charge in [-0.3, -0.25) is 14.5 Å². The Morgan fingerprint density at radius 3 is 2.45 bits per heavy atom. The Morgan fingerprint density at radius 1 is 1.24 bits per heavy atom. The molecule has 4 rings (SSSR count). The first-order chi connectivity index (χ1) is 13.3. The van der Waals surface area contributed by atoms with Crippen molar-refractivity contribution in [3.05, 3.63) is 46.1 Å². The second-order valence-electron chi connectivity index (χ2n) is 7.57. The Balaban J connectivity index is 0.00000240. The van der Waals surface area contributed by atoms with Gasteiger partial charge in [-0.05, 0) is 43.0 Å². The van der Waals surface area contributed by atoms with Crippen molar-refractivity contribution in [1.82, 2.24) is 10.2 Å². The van der Waals surface area contributed by atoms with Gasteiger partial charge in [0.15, 0.2) is 0 Å². The van der Waals surface area contributed by atoms with Crippen LogP contribution in [0.15, 0.2) is 35.5 Å². The summed E-state index contributed by atoms with van der Waals surface area (Å²) in [6.07, 6.45) is 3.31. The predicted octanol–water partition coefficient (Wildman–Crippen LogP) is -1.42. The molecule has 0 aromatic heterocycles. The Hall–Kier alpha value is -0.990. The summed E-state index contributed by atoms with van der Waals surface area (Å²) in [4.78, 5) is 38.6. The van der Waals surface area contributed by atoms with Crippen LogP contribution >= 0.6 is 23.4 Å². The summed E-state index contributed by atoms with van der Waals surface area (Å²) < 4.78 is 0. The van der Waals surface area contributed by atoms with Crippen LogP contribution in [0.25, 0.3) is 0 Å². The fourth-order valence-electron chi connectivity index (χ4n) is 4.44. The van der Waals surface area contributed by atoms with Gasteiger partial charge in [-0.2, -0.15) is 0 Å². The van der Waals surface area contributed by atoms with Gasteiger partial charge in [0.1, 0.15) is 11.4 Å². The molecule has 2 aliphatic heterocycles. The fourth-order valence-corrected chi connectivity index (χ4v) is 5.85. The Kier molecular flexibility index (Phi) is 6.75. The molecule has 1 N–H and O–H groups in total. The number of nitrogens with one attached hydrogen (secondary N) is 1. The number of thioether (sulfide) groups is 1. The molecule has 29 heavy (non-hydrogen) atoms. The van der Waals surface area contributed by atoms with Crippen molar-refractivity contribution in [2.45, 2.75) is 49.4 Å². The van der Waals surface area contributed by atoms with Crippen LogP contribution in [-0.4, -0.2) is 39.9 Å². The van der Waals surface area contributed by atoms with E-state index < -0.39 is 28.7 Å². The molecule has 2 fully saturated rings. The zero-order chi connectivity index (χ0) is 20.1. The van der Waals surface area contributed by atoms with Crippen molar-refractivity contribution in [2.24, 2.45) is 0 Å². The minimum absolute atomic E-state index is 0. The third-order valence-electron chi connectivity index (χ3n) is 5.93. The summed E-state index contributed by atoms with van der Waals surface area (Å²) in [5, 5.41) is 14.6. The molecule has 3 aliphatic rings. The van der Waals surface area contributed by atoms with Gasteiger partial charge in [-0.15, -0.1) is 11.8 Å². The van der Waals surface area contributed by atoms with Crippen LogP contribution in [0.4, 0.5) is 0 Å². The number of halogens is 1. The molecule has 1 aliphatic carbocycles. The van der Waals surface area contributed by atoms with Crippen molar-refractivity contribution < 1.29 is 49.0 Å². The van der Waals surface area contributed by atoms with Crippen LogP contribution in [-0.2, 0) is 19.8 Å². The second-order valence-corrected chi connectivity index (χ2v) is 9.11. The van der Waals surface area contributed by atoms with Crippen molar-refractivity contribution in [3.63, 3.8) is 0 Å². The molecule has 0 spiro atoms. The number of aliphatic carboxylic acids is 1. The number of carboxylic acid groups (broad SMARTS) is 1. The van der Waals surface area contributed by atoms with Gasteiger partial charge >= 0.3 is 29.6 Å².